The van der Waals surface area contributed by atoms with Gasteiger partial charge in [-0.15, -0.1) is 0 Å². The van der Waals surface area contributed by atoms with Crippen LogP contribution in [0.3, 0.4) is 0 Å². The lowest BCUT2D eigenvalue weighted by Gasteiger charge is -2.47. The molecule has 0 aromatic heterocycles. The first-order valence-corrected chi connectivity index (χ1v) is 20.6. The second-order valence-corrected chi connectivity index (χ2v) is 19.1. The maximum absolute atomic E-state index is 2.68. The highest BCUT2D eigenvalue weighted by Crippen LogP contribution is 2.54. The number of fused-ring (bicyclic) bond motifs is 8. The van der Waals surface area contributed by atoms with Crippen molar-refractivity contribution in [1.82, 2.24) is 0 Å². The molecule has 57 heavy (non-hydrogen) atoms. The van der Waals surface area contributed by atoms with E-state index in [0.717, 1.165) is 0 Å². The van der Waals surface area contributed by atoms with E-state index in [4.69, 9.17) is 0 Å². The average Bonchev–Trinajstić information content (AvgIpc) is 3.43. The van der Waals surface area contributed by atoms with E-state index >= 15 is 0 Å². The number of nitrogens with zero attached hydrogens (tertiary/aromatic N) is 2. The molecule has 2 nitrogen and oxygen atoms in total. The van der Waals surface area contributed by atoms with E-state index < -0.39 is 0 Å². The van der Waals surface area contributed by atoms with Crippen LogP contribution in [-0.2, 0) is 16.2 Å². The van der Waals surface area contributed by atoms with Crippen LogP contribution >= 0.6 is 0 Å². The lowest BCUT2D eigenvalue weighted by Crippen LogP contribution is -2.62. The van der Waals surface area contributed by atoms with Crippen LogP contribution in [0.5, 0.6) is 0 Å². The zero-order valence-electron chi connectivity index (χ0n) is 34.8. The van der Waals surface area contributed by atoms with Gasteiger partial charge in [0.15, 0.2) is 0 Å². The Morgan fingerprint density at radius 1 is 0.474 bits per heavy atom. The van der Waals surface area contributed by atoms with Gasteiger partial charge >= 0.3 is 6.85 Å². The topological polar surface area (TPSA) is 6.48 Å². The summed E-state index contributed by atoms with van der Waals surface area (Å²) in [5, 5.41) is 0. The van der Waals surface area contributed by atoms with E-state index in [1.54, 1.807) is 0 Å². The first-order chi connectivity index (χ1) is 27.2. The Labute approximate surface area is 340 Å². The van der Waals surface area contributed by atoms with Crippen LogP contribution < -0.4 is 20.6 Å². The molecule has 0 saturated carbocycles. The van der Waals surface area contributed by atoms with Gasteiger partial charge in [-0.3, -0.25) is 0 Å². The highest BCUT2D eigenvalue weighted by molar-refractivity contribution is 6.94. The summed E-state index contributed by atoms with van der Waals surface area (Å²) in [7, 11) is 0. The van der Waals surface area contributed by atoms with Crippen LogP contribution in [-0.4, -0.2) is 6.85 Å². The molecule has 0 spiro atoms. The van der Waals surface area contributed by atoms with Crippen molar-refractivity contribution in [3.63, 3.8) is 0 Å². The number of rotatable bonds is 3. The second kappa shape index (κ2) is 12.4. The van der Waals surface area contributed by atoms with Gasteiger partial charge < -0.3 is 9.71 Å². The number of hydrogen-bond acceptors (Lipinski definition) is 2. The van der Waals surface area contributed by atoms with E-state index in [1.165, 1.54) is 101 Å². The summed E-state index contributed by atoms with van der Waals surface area (Å²) in [4.78, 5) is 5.29. The third kappa shape index (κ3) is 5.31. The maximum Gasteiger partial charge on any atom is 0.333 e. The zero-order chi connectivity index (χ0) is 39.6. The minimum absolute atomic E-state index is 0.00166. The van der Waals surface area contributed by atoms with Crippen LogP contribution in [0.1, 0.15) is 83.2 Å². The van der Waals surface area contributed by atoms with Crippen LogP contribution in [0.25, 0.3) is 33.4 Å². The minimum atomic E-state index is -0.141. The Morgan fingerprint density at radius 2 is 1.11 bits per heavy atom. The predicted octanol–water partition coefficient (Wildman–Crippen LogP) is 13.3. The first kappa shape index (κ1) is 35.6. The Morgan fingerprint density at radius 3 is 1.82 bits per heavy atom. The molecule has 0 bridgehead atoms. The van der Waals surface area contributed by atoms with Gasteiger partial charge in [-0.05, 0) is 121 Å². The van der Waals surface area contributed by atoms with E-state index in [0.29, 0.717) is 0 Å². The van der Waals surface area contributed by atoms with Crippen molar-refractivity contribution in [1.29, 1.82) is 0 Å². The lowest BCUT2D eigenvalue weighted by molar-refractivity contribution is 0.590. The Hall–Kier alpha value is -5.80. The molecule has 1 aliphatic carbocycles. The van der Waals surface area contributed by atoms with Gasteiger partial charge in [0.2, 0.25) is 0 Å². The number of hydrogen-bond donors (Lipinski definition) is 0. The van der Waals surface area contributed by atoms with E-state index in [1.807, 2.05) is 0 Å². The summed E-state index contributed by atoms with van der Waals surface area (Å²) in [5.74, 6) is 0. The largest absolute Gasteiger partial charge is 0.376 e. The standard InChI is InChI=1S/C54H51BN2/c1-34-31-42-41-33-37(53(5,6)7)25-29-46(41)57(38-26-23-36(24-27-38)52(2,3)4)55-50(42)48(32-34)56(45-22-16-14-19-39(45)35-17-11-10-12-18-35)47-30-28-44-49(51(47)55)40-20-13-15-21-43(40)54(44,8)9/h10-33H,1-9H3. The quantitative estimate of drug-likeness (QED) is 0.167. The normalized spacial score (nSPS) is 14.8. The lowest BCUT2D eigenvalue weighted by atomic mass is 9.42. The van der Waals surface area contributed by atoms with E-state index in [2.05, 4.69) is 218 Å². The fourth-order valence-electron chi connectivity index (χ4n) is 10.1. The van der Waals surface area contributed by atoms with Crippen molar-refractivity contribution in [2.24, 2.45) is 0 Å². The fraction of sp³-hybridized carbons (Fsp3) is 0.222. The molecule has 0 N–H and O–H groups in total. The molecule has 0 radical (unpaired) electrons. The van der Waals surface area contributed by atoms with Gasteiger partial charge in [0.1, 0.15) is 0 Å². The van der Waals surface area contributed by atoms with E-state index in [9.17, 15) is 0 Å². The Balaban J connectivity index is 1.36. The predicted molar refractivity (Wildman–Crippen MR) is 245 cm³/mol. The zero-order valence-corrected chi connectivity index (χ0v) is 34.8. The smallest absolute Gasteiger partial charge is 0.333 e. The molecule has 0 unspecified atom stereocenters. The molecule has 0 amide bonds. The minimum Gasteiger partial charge on any atom is -0.376 e. The highest BCUT2D eigenvalue weighted by atomic mass is 15.2. The Kier molecular flexibility index (Phi) is 7.72. The van der Waals surface area contributed by atoms with Crippen LogP contribution in [0.4, 0.5) is 28.4 Å². The molecule has 0 fully saturated rings. The molecule has 3 aliphatic rings. The van der Waals surface area contributed by atoms with Gasteiger partial charge in [-0.25, -0.2) is 0 Å². The first-order valence-electron chi connectivity index (χ1n) is 20.6. The molecule has 3 heteroatoms. The van der Waals surface area contributed by atoms with Crippen molar-refractivity contribution in [3.05, 3.63) is 173 Å². The SMILES string of the molecule is Cc1cc2c3c(c1)N(c1ccccc1-c1ccccc1)c1ccc4c(c1B3N(c1ccc(C(C)(C)C)cc1)c1ccc(C(C)(C)C)cc1-2)-c1ccccc1C4(C)C. The maximum atomic E-state index is 2.68. The summed E-state index contributed by atoms with van der Waals surface area (Å²) in [5.41, 5.74) is 23.3. The molecular formula is C54H51BN2. The van der Waals surface area contributed by atoms with Crippen molar-refractivity contribution in [2.45, 2.75) is 78.6 Å². The van der Waals surface area contributed by atoms with Crippen molar-refractivity contribution < 1.29 is 0 Å². The number of anilines is 5. The molecule has 2 aliphatic heterocycles. The van der Waals surface area contributed by atoms with Crippen LogP contribution in [0.15, 0.2) is 146 Å². The second-order valence-electron chi connectivity index (χ2n) is 19.1. The summed E-state index contributed by atoms with van der Waals surface area (Å²) in [6.07, 6.45) is 0. The molecule has 10 rings (SSSR count). The summed E-state index contributed by atoms with van der Waals surface area (Å²) >= 11 is 0. The third-order valence-corrected chi connectivity index (χ3v) is 13.0. The van der Waals surface area contributed by atoms with E-state index in [-0.39, 0.29) is 23.1 Å². The molecule has 7 aromatic carbocycles. The number of aryl methyl sites for hydroxylation is 1. The summed E-state index contributed by atoms with van der Waals surface area (Å²) in [6, 6.07) is 55.6. The van der Waals surface area contributed by atoms with Gasteiger partial charge in [0, 0.05) is 39.3 Å². The van der Waals surface area contributed by atoms with Gasteiger partial charge in [-0.1, -0.05) is 159 Å². The number of para-hydroxylation sites is 1. The molecular weight excluding hydrogens is 687 g/mol. The van der Waals surface area contributed by atoms with Crippen molar-refractivity contribution in [2.75, 3.05) is 9.71 Å². The van der Waals surface area contributed by atoms with Gasteiger partial charge in [-0.2, -0.15) is 0 Å². The van der Waals surface area contributed by atoms with Crippen LogP contribution in [0, 0.1) is 6.92 Å². The molecule has 0 atom stereocenters. The molecule has 0 saturated heterocycles. The summed E-state index contributed by atoms with van der Waals surface area (Å²) in [6.45, 7) is 20.9. The Bertz CT molecular complexity index is 2740. The van der Waals surface area contributed by atoms with Gasteiger partial charge in [0.25, 0.3) is 0 Å². The summed E-state index contributed by atoms with van der Waals surface area (Å²) < 4.78 is 0. The van der Waals surface area contributed by atoms with Crippen molar-refractivity contribution in [3.8, 4) is 33.4 Å². The number of benzene rings is 7. The average molecular weight is 739 g/mol. The fourth-order valence-corrected chi connectivity index (χ4v) is 10.1. The van der Waals surface area contributed by atoms with Crippen molar-refractivity contribution >= 4 is 46.2 Å². The van der Waals surface area contributed by atoms with Crippen LogP contribution in [0.2, 0.25) is 0 Å². The molecule has 2 heterocycles. The highest BCUT2D eigenvalue weighted by Gasteiger charge is 2.49. The van der Waals surface area contributed by atoms with Gasteiger partial charge in [0.05, 0.1) is 5.69 Å². The third-order valence-electron chi connectivity index (χ3n) is 13.0. The monoisotopic (exact) mass is 738 g/mol. The molecule has 280 valence electrons. The molecule has 7 aromatic rings.